The lowest BCUT2D eigenvalue weighted by molar-refractivity contribution is 0.0912. The van der Waals surface area contributed by atoms with Gasteiger partial charge in [-0.1, -0.05) is 30.3 Å². The summed E-state index contributed by atoms with van der Waals surface area (Å²) in [6.45, 7) is 1.86. The molecule has 2 aromatic rings. The van der Waals surface area contributed by atoms with Crippen LogP contribution in [0.5, 0.6) is 0 Å². The molecule has 0 bridgehead atoms. The standard InChI is InChI=1S/C14H17N3O2/c1-10(16-14(19)12-7-8-15-17-12)9-13(18)11-5-3-2-4-6-11/h2-8,10,13,18H,9H2,1H3,(H,15,17)(H,16,19). The average Bonchev–Trinajstić information content (AvgIpc) is 2.93. The van der Waals surface area contributed by atoms with Crippen LogP contribution in [0.1, 0.15) is 35.5 Å². The fourth-order valence-electron chi connectivity index (χ4n) is 1.89. The molecule has 5 nitrogen and oxygen atoms in total. The normalized spacial score (nSPS) is 13.8. The van der Waals surface area contributed by atoms with Gasteiger partial charge in [0.25, 0.3) is 5.91 Å². The highest BCUT2D eigenvalue weighted by atomic mass is 16.3. The lowest BCUT2D eigenvalue weighted by atomic mass is 10.0. The van der Waals surface area contributed by atoms with Crippen LogP contribution in [0.3, 0.4) is 0 Å². The van der Waals surface area contributed by atoms with Gasteiger partial charge in [-0.3, -0.25) is 9.89 Å². The average molecular weight is 259 g/mol. The van der Waals surface area contributed by atoms with Crippen molar-refractivity contribution in [1.29, 1.82) is 0 Å². The molecule has 0 saturated heterocycles. The van der Waals surface area contributed by atoms with Gasteiger partial charge in [-0.05, 0) is 25.0 Å². The molecule has 19 heavy (non-hydrogen) atoms. The highest BCUT2D eigenvalue weighted by Crippen LogP contribution is 2.17. The lowest BCUT2D eigenvalue weighted by Crippen LogP contribution is -2.34. The van der Waals surface area contributed by atoms with Crippen molar-refractivity contribution in [2.24, 2.45) is 0 Å². The van der Waals surface area contributed by atoms with E-state index in [0.29, 0.717) is 12.1 Å². The van der Waals surface area contributed by atoms with Gasteiger partial charge in [0.05, 0.1) is 6.10 Å². The number of hydrogen-bond acceptors (Lipinski definition) is 3. The predicted octanol–water partition coefficient (Wildman–Crippen LogP) is 1.65. The molecule has 0 aliphatic heterocycles. The summed E-state index contributed by atoms with van der Waals surface area (Å²) in [7, 11) is 0. The molecule has 0 radical (unpaired) electrons. The highest BCUT2D eigenvalue weighted by Gasteiger charge is 2.15. The molecule has 0 aliphatic carbocycles. The van der Waals surface area contributed by atoms with Crippen LogP contribution in [0, 0.1) is 0 Å². The molecular weight excluding hydrogens is 242 g/mol. The highest BCUT2D eigenvalue weighted by molar-refractivity contribution is 5.92. The zero-order valence-corrected chi connectivity index (χ0v) is 10.7. The van der Waals surface area contributed by atoms with Gasteiger partial charge in [0.1, 0.15) is 5.69 Å². The summed E-state index contributed by atoms with van der Waals surface area (Å²) in [5.41, 5.74) is 1.27. The Morgan fingerprint density at radius 2 is 2.11 bits per heavy atom. The summed E-state index contributed by atoms with van der Waals surface area (Å²) in [4.78, 5) is 11.8. The van der Waals surface area contributed by atoms with Gasteiger partial charge in [0, 0.05) is 12.2 Å². The van der Waals surface area contributed by atoms with Gasteiger partial charge in [-0.25, -0.2) is 0 Å². The van der Waals surface area contributed by atoms with Crippen molar-refractivity contribution in [3.05, 3.63) is 53.9 Å². The number of aromatic amines is 1. The number of rotatable bonds is 5. The quantitative estimate of drug-likeness (QED) is 0.764. The summed E-state index contributed by atoms with van der Waals surface area (Å²) in [5, 5.41) is 19.2. The Morgan fingerprint density at radius 3 is 2.74 bits per heavy atom. The number of nitrogens with one attached hydrogen (secondary N) is 2. The van der Waals surface area contributed by atoms with Crippen molar-refractivity contribution in [3.63, 3.8) is 0 Å². The Labute approximate surface area is 111 Å². The van der Waals surface area contributed by atoms with E-state index in [1.54, 1.807) is 6.07 Å². The molecule has 1 amide bonds. The summed E-state index contributed by atoms with van der Waals surface area (Å²) in [5.74, 6) is -0.217. The number of amides is 1. The first-order chi connectivity index (χ1) is 9.16. The van der Waals surface area contributed by atoms with E-state index in [1.165, 1.54) is 6.20 Å². The van der Waals surface area contributed by atoms with E-state index in [0.717, 1.165) is 5.56 Å². The minimum absolute atomic E-state index is 0.133. The molecule has 2 unspecified atom stereocenters. The summed E-state index contributed by atoms with van der Waals surface area (Å²) in [6, 6.07) is 10.9. The molecule has 2 atom stereocenters. The number of H-pyrrole nitrogens is 1. The molecule has 0 spiro atoms. The van der Waals surface area contributed by atoms with Crippen LogP contribution in [0.25, 0.3) is 0 Å². The van der Waals surface area contributed by atoms with E-state index in [9.17, 15) is 9.90 Å². The summed E-state index contributed by atoms with van der Waals surface area (Å²) in [6.07, 6.45) is 1.40. The molecule has 5 heteroatoms. The molecule has 100 valence electrons. The van der Waals surface area contributed by atoms with Crippen LogP contribution in [0.2, 0.25) is 0 Å². The third-order valence-corrected chi connectivity index (χ3v) is 2.88. The second kappa shape index (κ2) is 6.15. The van der Waals surface area contributed by atoms with E-state index in [4.69, 9.17) is 0 Å². The Morgan fingerprint density at radius 1 is 1.37 bits per heavy atom. The maximum atomic E-state index is 11.8. The fourth-order valence-corrected chi connectivity index (χ4v) is 1.89. The molecular formula is C14H17N3O2. The van der Waals surface area contributed by atoms with Crippen molar-refractivity contribution < 1.29 is 9.90 Å². The van der Waals surface area contributed by atoms with Crippen molar-refractivity contribution in [3.8, 4) is 0 Å². The van der Waals surface area contributed by atoms with E-state index in [2.05, 4.69) is 15.5 Å². The Hall–Kier alpha value is -2.14. The Kier molecular flexibility index (Phi) is 4.30. The van der Waals surface area contributed by atoms with Crippen molar-refractivity contribution in [2.75, 3.05) is 0 Å². The number of aromatic nitrogens is 2. The smallest absolute Gasteiger partial charge is 0.269 e. The summed E-state index contributed by atoms with van der Waals surface area (Å²) >= 11 is 0. The maximum Gasteiger partial charge on any atom is 0.269 e. The minimum Gasteiger partial charge on any atom is -0.388 e. The molecule has 1 aromatic carbocycles. The van der Waals surface area contributed by atoms with Gasteiger partial charge in [-0.2, -0.15) is 5.10 Å². The van der Waals surface area contributed by atoms with Crippen LogP contribution >= 0.6 is 0 Å². The Bertz CT molecular complexity index is 511. The van der Waals surface area contributed by atoms with Crippen molar-refractivity contribution >= 4 is 5.91 Å². The van der Waals surface area contributed by atoms with Crippen molar-refractivity contribution in [2.45, 2.75) is 25.5 Å². The third-order valence-electron chi connectivity index (χ3n) is 2.88. The molecule has 1 aromatic heterocycles. The van der Waals surface area contributed by atoms with Gasteiger partial charge in [-0.15, -0.1) is 0 Å². The van der Waals surface area contributed by atoms with Crippen molar-refractivity contribution in [1.82, 2.24) is 15.5 Å². The monoisotopic (exact) mass is 259 g/mol. The molecule has 0 aliphatic rings. The number of aliphatic hydroxyl groups is 1. The summed E-state index contributed by atoms with van der Waals surface area (Å²) < 4.78 is 0. The largest absolute Gasteiger partial charge is 0.388 e. The Balaban J connectivity index is 1.88. The van der Waals surface area contributed by atoms with Gasteiger partial charge >= 0.3 is 0 Å². The van der Waals surface area contributed by atoms with Crippen LogP contribution in [0.15, 0.2) is 42.6 Å². The number of aliphatic hydroxyl groups excluding tert-OH is 1. The van der Waals surface area contributed by atoms with E-state index < -0.39 is 6.10 Å². The van der Waals surface area contributed by atoms with Crippen LogP contribution in [0.4, 0.5) is 0 Å². The predicted molar refractivity (Wildman–Crippen MR) is 71.5 cm³/mol. The maximum absolute atomic E-state index is 11.8. The van der Waals surface area contributed by atoms with Gasteiger partial charge in [0.15, 0.2) is 0 Å². The first kappa shape index (κ1) is 13.3. The minimum atomic E-state index is -0.585. The topological polar surface area (TPSA) is 78.0 Å². The zero-order valence-electron chi connectivity index (χ0n) is 10.7. The van der Waals surface area contributed by atoms with Crippen LogP contribution < -0.4 is 5.32 Å². The first-order valence-electron chi connectivity index (χ1n) is 6.20. The second-order valence-corrected chi connectivity index (χ2v) is 4.51. The number of hydrogen-bond donors (Lipinski definition) is 3. The SMILES string of the molecule is CC(CC(O)c1ccccc1)NC(=O)c1ccn[nH]1. The van der Waals surface area contributed by atoms with E-state index >= 15 is 0 Å². The van der Waals surface area contributed by atoms with Crippen LogP contribution in [-0.4, -0.2) is 27.3 Å². The number of carbonyl (C=O) groups excluding carboxylic acids is 1. The molecule has 3 N–H and O–H groups in total. The molecule has 2 rings (SSSR count). The molecule has 0 fully saturated rings. The number of carbonyl (C=O) groups is 1. The lowest BCUT2D eigenvalue weighted by Gasteiger charge is -2.17. The fraction of sp³-hybridized carbons (Fsp3) is 0.286. The third kappa shape index (κ3) is 3.66. The van der Waals surface area contributed by atoms with Gasteiger partial charge in [0.2, 0.25) is 0 Å². The van der Waals surface area contributed by atoms with Crippen LogP contribution in [-0.2, 0) is 0 Å². The second-order valence-electron chi connectivity index (χ2n) is 4.51. The van der Waals surface area contributed by atoms with E-state index in [-0.39, 0.29) is 11.9 Å². The number of benzene rings is 1. The first-order valence-corrected chi connectivity index (χ1v) is 6.20. The van der Waals surface area contributed by atoms with Gasteiger partial charge < -0.3 is 10.4 Å². The zero-order chi connectivity index (χ0) is 13.7. The van der Waals surface area contributed by atoms with E-state index in [1.807, 2.05) is 37.3 Å². The molecule has 1 heterocycles. The number of nitrogens with zero attached hydrogens (tertiary/aromatic N) is 1. The molecule has 0 saturated carbocycles.